The van der Waals surface area contributed by atoms with Gasteiger partial charge in [0.15, 0.2) is 5.78 Å². The molecule has 0 saturated carbocycles. The summed E-state index contributed by atoms with van der Waals surface area (Å²) in [7, 11) is 0. The molecule has 0 aromatic heterocycles. The van der Waals surface area contributed by atoms with E-state index in [1.807, 2.05) is 37.3 Å². The molecule has 0 aliphatic carbocycles. The highest BCUT2D eigenvalue weighted by atomic mass is 16.4. The number of nitrogens with one attached hydrogen (secondary N) is 1. The van der Waals surface area contributed by atoms with Crippen LogP contribution in [0, 0.1) is 6.92 Å². The average molecular weight is 331 g/mol. The first-order valence-electron chi connectivity index (χ1n) is 7.86. The molecule has 4 nitrogen and oxygen atoms in total. The Morgan fingerprint density at radius 3 is 2.16 bits per heavy atom. The number of para-hydroxylation sites is 2. The third-order valence-electron chi connectivity index (χ3n) is 3.97. The third kappa shape index (κ3) is 3.43. The second-order valence-corrected chi connectivity index (χ2v) is 5.67. The van der Waals surface area contributed by atoms with Crippen LogP contribution in [0.2, 0.25) is 0 Å². The number of carboxylic acids is 1. The van der Waals surface area contributed by atoms with Gasteiger partial charge in [-0.2, -0.15) is 0 Å². The smallest absolute Gasteiger partial charge is 0.337 e. The minimum absolute atomic E-state index is 0.117. The van der Waals surface area contributed by atoms with Crippen LogP contribution in [0.5, 0.6) is 0 Å². The van der Waals surface area contributed by atoms with Crippen LogP contribution >= 0.6 is 0 Å². The first-order valence-corrected chi connectivity index (χ1v) is 7.86. The van der Waals surface area contributed by atoms with Gasteiger partial charge in [-0.25, -0.2) is 4.79 Å². The number of benzene rings is 3. The number of carbonyl (C=O) groups is 2. The molecule has 0 spiro atoms. The van der Waals surface area contributed by atoms with Gasteiger partial charge in [0.25, 0.3) is 0 Å². The molecule has 25 heavy (non-hydrogen) atoms. The summed E-state index contributed by atoms with van der Waals surface area (Å²) in [5.74, 6) is -1.13. The predicted octanol–water partition coefficient (Wildman–Crippen LogP) is 4.67. The van der Waals surface area contributed by atoms with E-state index in [1.54, 1.807) is 42.5 Å². The van der Waals surface area contributed by atoms with Gasteiger partial charge in [-0.1, -0.05) is 54.6 Å². The zero-order valence-corrected chi connectivity index (χ0v) is 13.7. The van der Waals surface area contributed by atoms with E-state index in [0.717, 1.165) is 5.56 Å². The van der Waals surface area contributed by atoms with Crippen LogP contribution in [0.25, 0.3) is 0 Å². The largest absolute Gasteiger partial charge is 0.478 e. The number of hydrogen-bond acceptors (Lipinski definition) is 3. The van der Waals surface area contributed by atoms with Crippen LogP contribution in [0.4, 0.5) is 11.4 Å². The standard InChI is InChI=1S/C21H17NO3/c1-14-8-7-12-17(21(24)25)19(14)22-18-13-6-5-11-16(18)20(23)15-9-3-2-4-10-15/h2-13,22H,1H3,(H,24,25). The monoisotopic (exact) mass is 331 g/mol. The molecule has 0 atom stereocenters. The minimum atomic E-state index is -1.02. The molecule has 0 radical (unpaired) electrons. The third-order valence-corrected chi connectivity index (χ3v) is 3.97. The van der Waals surface area contributed by atoms with E-state index >= 15 is 0 Å². The Kier molecular flexibility index (Phi) is 4.61. The summed E-state index contributed by atoms with van der Waals surface area (Å²) in [6.45, 7) is 1.83. The maximum Gasteiger partial charge on any atom is 0.337 e. The molecule has 0 amide bonds. The molecule has 4 heteroatoms. The molecule has 3 aromatic rings. The fourth-order valence-corrected chi connectivity index (χ4v) is 2.68. The lowest BCUT2D eigenvalue weighted by molar-refractivity contribution is 0.0697. The van der Waals surface area contributed by atoms with Crippen LogP contribution in [-0.4, -0.2) is 16.9 Å². The van der Waals surface area contributed by atoms with E-state index < -0.39 is 5.97 Å². The summed E-state index contributed by atoms with van der Waals surface area (Å²) in [6.07, 6.45) is 0. The SMILES string of the molecule is Cc1cccc(C(=O)O)c1Nc1ccccc1C(=O)c1ccccc1. The molecule has 0 aliphatic rings. The van der Waals surface area contributed by atoms with Gasteiger partial charge >= 0.3 is 5.97 Å². The van der Waals surface area contributed by atoms with Gasteiger partial charge in [-0.3, -0.25) is 4.79 Å². The zero-order valence-electron chi connectivity index (χ0n) is 13.7. The van der Waals surface area contributed by atoms with E-state index in [4.69, 9.17) is 0 Å². The van der Waals surface area contributed by atoms with Crippen molar-refractivity contribution in [2.45, 2.75) is 6.92 Å². The van der Waals surface area contributed by atoms with Crippen LogP contribution in [0.1, 0.15) is 31.8 Å². The number of anilines is 2. The maximum atomic E-state index is 12.8. The van der Waals surface area contributed by atoms with Gasteiger partial charge in [-0.15, -0.1) is 0 Å². The molecular formula is C21H17NO3. The molecular weight excluding hydrogens is 314 g/mol. The lowest BCUT2D eigenvalue weighted by atomic mass is 10.0. The quantitative estimate of drug-likeness (QED) is 0.667. The van der Waals surface area contributed by atoms with Gasteiger partial charge in [0.2, 0.25) is 0 Å². The fourth-order valence-electron chi connectivity index (χ4n) is 2.68. The number of carbonyl (C=O) groups excluding carboxylic acids is 1. The topological polar surface area (TPSA) is 66.4 Å². The molecule has 124 valence electrons. The summed E-state index contributed by atoms with van der Waals surface area (Å²) in [4.78, 5) is 24.3. The van der Waals surface area contributed by atoms with Gasteiger partial charge in [0.05, 0.1) is 11.3 Å². The normalized spacial score (nSPS) is 10.3. The second-order valence-electron chi connectivity index (χ2n) is 5.67. The van der Waals surface area contributed by atoms with Crippen LogP contribution < -0.4 is 5.32 Å². The molecule has 0 unspecified atom stereocenters. The predicted molar refractivity (Wildman–Crippen MR) is 97.7 cm³/mol. The first-order chi connectivity index (χ1) is 12.1. The Morgan fingerprint density at radius 1 is 0.800 bits per heavy atom. The number of aromatic carboxylic acids is 1. The van der Waals surface area contributed by atoms with Crippen LogP contribution in [-0.2, 0) is 0 Å². The van der Waals surface area contributed by atoms with E-state index in [0.29, 0.717) is 22.5 Å². The summed E-state index contributed by atoms with van der Waals surface area (Å²) < 4.78 is 0. The van der Waals surface area contributed by atoms with Crippen molar-refractivity contribution in [3.05, 3.63) is 95.1 Å². The van der Waals surface area contributed by atoms with E-state index in [9.17, 15) is 14.7 Å². The minimum Gasteiger partial charge on any atom is -0.478 e. The van der Waals surface area contributed by atoms with Crippen molar-refractivity contribution >= 4 is 23.1 Å². The fraction of sp³-hybridized carbons (Fsp3) is 0.0476. The highest BCUT2D eigenvalue weighted by Gasteiger charge is 2.17. The van der Waals surface area contributed by atoms with Crippen LogP contribution in [0.15, 0.2) is 72.8 Å². The Labute approximate surface area is 145 Å². The number of ketones is 1. The summed E-state index contributed by atoms with van der Waals surface area (Å²) in [5.41, 5.74) is 3.11. The Morgan fingerprint density at radius 2 is 1.44 bits per heavy atom. The maximum absolute atomic E-state index is 12.8. The Balaban J connectivity index is 2.04. The summed E-state index contributed by atoms with van der Waals surface area (Å²) >= 11 is 0. The number of hydrogen-bond donors (Lipinski definition) is 2. The summed E-state index contributed by atoms with van der Waals surface area (Å²) in [6, 6.07) is 21.2. The van der Waals surface area contributed by atoms with Gasteiger partial charge < -0.3 is 10.4 Å². The molecule has 0 fully saturated rings. The zero-order chi connectivity index (χ0) is 17.8. The lowest BCUT2D eigenvalue weighted by Gasteiger charge is -2.15. The lowest BCUT2D eigenvalue weighted by Crippen LogP contribution is -2.08. The molecule has 0 saturated heterocycles. The van der Waals surface area contributed by atoms with Crippen molar-refractivity contribution in [3.8, 4) is 0 Å². The van der Waals surface area contributed by atoms with E-state index in [2.05, 4.69) is 5.32 Å². The van der Waals surface area contributed by atoms with E-state index in [-0.39, 0.29) is 11.3 Å². The Hall–Kier alpha value is -3.40. The van der Waals surface area contributed by atoms with Crippen molar-refractivity contribution < 1.29 is 14.7 Å². The van der Waals surface area contributed by atoms with Crippen molar-refractivity contribution in [1.29, 1.82) is 0 Å². The second kappa shape index (κ2) is 7.01. The number of aryl methyl sites for hydroxylation is 1. The van der Waals surface area contributed by atoms with Crippen molar-refractivity contribution in [3.63, 3.8) is 0 Å². The van der Waals surface area contributed by atoms with Gasteiger partial charge in [0.1, 0.15) is 0 Å². The van der Waals surface area contributed by atoms with Crippen LogP contribution in [0.3, 0.4) is 0 Å². The molecule has 0 heterocycles. The summed E-state index contributed by atoms with van der Waals surface area (Å²) in [5, 5.41) is 12.6. The van der Waals surface area contributed by atoms with E-state index in [1.165, 1.54) is 0 Å². The first kappa shape index (κ1) is 16.5. The number of carboxylic acid groups (broad SMARTS) is 1. The molecule has 2 N–H and O–H groups in total. The number of rotatable bonds is 5. The molecule has 0 bridgehead atoms. The molecule has 3 rings (SSSR count). The van der Waals surface area contributed by atoms with Crippen molar-refractivity contribution in [1.82, 2.24) is 0 Å². The van der Waals surface area contributed by atoms with Gasteiger partial charge in [0, 0.05) is 16.8 Å². The highest BCUT2D eigenvalue weighted by molar-refractivity contribution is 6.13. The van der Waals surface area contributed by atoms with Crippen molar-refractivity contribution in [2.24, 2.45) is 0 Å². The average Bonchev–Trinajstić information content (AvgIpc) is 2.64. The van der Waals surface area contributed by atoms with Crippen molar-refractivity contribution in [2.75, 3.05) is 5.32 Å². The molecule has 0 aliphatic heterocycles. The Bertz CT molecular complexity index is 933. The molecule has 3 aromatic carbocycles. The highest BCUT2D eigenvalue weighted by Crippen LogP contribution is 2.28. The van der Waals surface area contributed by atoms with Gasteiger partial charge in [-0.05, 0) is 30.7 Å².